The maximum atomic E-state index is 12.8. The van der Waals surface area contributed by atoms with Crippen LogP contribution in [0.15, 0.2) is 54.6 Å². The summed E-state index contributed by atoms with van der Waals surface area (Å²) in [6, 6.07) is 18.1. The standard InChI is InChI=1S/C25H28N2O3S/c1-4-30-25(29)23-22(20-12-10-17(2)11-13-20)18(3)31-24(23)27-21(28)16-26-15-14-19-8-6-5-7-9-19/h5-13,26H,4,14-16H2,1-3H3,(H,27,28). The van der Waals surface area contributed by atoms with Crippen LogP contribution in [0.2, 0.25) is 0 Å². The molecule has 0 unspecified atom stereocenters. The van der Waals surface area contributed by atoms with Crippen molar-refractivity contribution < 1.29 is 14.3 Å². The number of thiophene rings is 1. The molecule has 0 aliphatic carbocycles. The fourth-order valence-electron chi connectivity index (χ4n) is 3.35. The number of amides is 1. The van der Waals surface area contributed by atoms with E-state index in [0.29, 0.717) is 17.1 Å². The first-order chi connectivity index (χ1) is 15.0. The van der Waals surface area contributed by atoms with Crippen LogP contribution in [0.1, 0.15) is 33.3 Å². The molecule has 0 aliphatic heterocycles. The number of anilines is 1. The molecule has 0 saturated carbocycles. The lowest BCUT2D eigenvalue weighted by Gasteiger charge is -2.10. The van der Waals surface area contributed by atoms with Gasteiger partial charge in [-0.3, -0.25) is 4.79 Å². The first-order valence-electron chi connectivity index (χ1n) is 10.4. The average molecular weight is 437 g/mol. The minimum Gasteiger partial charge on any atom is -0.462 e. The van der Waals surface area contributed by atoms with Gasteiger partial charge in [-0.1, -0.05) is 60.2 Å². The van der Waals surface area contributed by atoms with Crippen LogP contribution in [-0.2, 0) is 16.0 Å². The van der Waals surface area contributed by atoms with Crippen LogP contribution in [0.25, 0.3) is 11.1 Å². The van der Waals surface area contributed by atoms with Gasteiger partial charge in [-0.25, -0.2) is 4.79 Å². The number of hydrogen-bond acceptors (Lipinski definition) is 5. The molecule has 2 N–H and O–H groups in total. The largest absolute Gasteiger partial charge is 0.462 e. The van der Waals surface area contributed by atoms with Gasteiger partial charge in [0.05, 0.1) is 13.2 Å². The van der Waals surface area contributed by atoms with Gasteiger partial charge >= 0.3 is 5.97 Å². The van der Waals surface area contributed by atoms with Gasteiger partial charge in [0.2, 0.25) is 5.91 Å². The number of rotatable bonds is 9. The van der Waals surface area contributed by atoms with E-state index in [9.17, 15) is 9.59 Å². The van der Waals surface area contributed by atoms with Gasteiger partial charge < -0.3 is 15.4 Å². The van der Waals surface area contributed by atoms with E-state index < -0.39 is 5.97 Å². The molecule has 6 heteroatoms. The van der Waals surface area contributed by atoms with Crippen molar-refractivity contribution in [1.82, 2.24) is 5.32 Å². The van der Waals surface area contributed by atoms with Gasteiger partial charge in [0.25, 0.3) is 0 Å². The Balaban J connectivity index is 1.72. The second-order valence-corrected chi connectivity index (χ2v) is 8.51. The smallest absolute Gasteiger partial charge is 0.341 e. The zero-order valence-electron chi connectivity index (χ0n) is 18.2. The number of carbonyl (C=O) groups excluding carboxylic acids is 2. The predicted octanol–water partition coefficient (Wildman–Crippen LogP) is 4.98. The number of ether oxygens (including phenoxy) is 1. The van der Waals surface area contributed by atoms with Gasteiger partial charge in [0.15, 0.2) is 0 Å². The van der Waals surface area contributed by atoms with Crippen LogP contribution in [0.5, 0.6) is 0 Å². The highest BCUT2D eigenvalue weighted by atomic mass is 32.1. The number of nitrogens with one attached hydrogen (secondary N) is 2. The van der Waals surface area contributed by atoms with Crippen LogP contribution in [0, 0.1) is 13.8 Å². The second kappa shape index (κ2) is 10.9. The van der Waals surface area contributed by atoms with Gasteiger partial charge in [-0.2, -0.15) is 0 Å². The van der Waals surface area contributed by atoms with Gasteiger partial charge in [0, 0.05) is 10.4 Å². The van der Waals surface area contributed by atoms with E-state index in [1.54, 1.807) is 6.92 Å². The summed E-state index contributed by atoms with van der Waals surface area (Å²) in [7, 11) is 0. The van der Waals surface area contributed by atoms with Crippen molar-refractivity contribution in [1.29, 1.82) is 0 Å². The Hall–Kier alpha value is -2.96. The number of aryl methyl sites for hydroxylation is 2. The van der Waals surface area contributed by atoms with Crippen LogP contribution in [-0.4, -0.2) is 31.6 Å². The van der Waals surface area contributed by atoms with Crippen LogP contribution in [0.4, 0.5) is 5.00 Å². The van der Waals surface area contributed by atoms with Crippen molar-refractivity contribution in [3.63, 3.8) is 0 Å². The summed E-state index contributed by atoms with van der Waals surface area (Å²) in [5.74, 6) is -0.606. The van der Waals surface area contributed by atoms with E-state index in [4.69, 9.17) is 4.74 Å². The summed E-state index contributed by atoms with van der Waals surface area (Å²) in [6.07, 6.45) is 0.845. The highest BCUT2D eigenvalue weighted by Gasteiger charge is 2.25. The predicted molar refractivity (Wildman–Crippen MR) is 127 cm³/mol. The summed E-state index contributed by atoms with van der Waals surface area (Å²) < 4.78 is 5.30. The SMILES string of the molecule is CCOC(=O)c1c(NC(=O)CNCCc2ccccc2)sc(C)c1-c1ccc(C)cc1. The third-order valence-electron chi connectivity index (χ3n) is 4.88. The molecule has 0 radical (unpaired) electrons. The molecule has 1 heterocycles. The van der Waals surface area contributed by atoms with Gasteiger partial charge in [-0.05, 0) is 44.9 Å². The highest BCUT2D eigenvalue weighted by Crippen LogP contribution is 2.40. The number of carbonyl (C=O) groups is 2. The van der Waals surface area contributed by atoms with Crippen molar-refractivity contribution in [3.8, 4) is 11.1 Å². The molecule has 1 aromatic heterocycles. The zero-order valence-corrected chi connectivity index (χ0v) is 19.0. The topological polar surface area (TPSA) is 67.4 Å². The zero-order chi connectivity index (χ0) is 22.2. The molecule has 5 nitrogen and oxygen atoms in total. The van der Waals surface area contributed by atoms with Crippen LogP contribution >= 0.6 is 11.3 Å². The number of hydrogen-bond donors (Lipinski definition) is 2. The Labute approximate surface area is 187 Å². The second-order valence-electron chi connectivity index (χ2n) is 7.28. The molecule has 0 fully saturated rings. The summed E-state index contributed by atoms with van der Waals surface area (Å²) in [4.78, 5) is 26.3. The molecule has 31 heavy (non-hydrogen) atoms. The Morgan fingerprint density at radius 1 is 1.00 bits per heavy atom. The maximum Gasteiger partial charge on any atom is 0.341 e. The Kier molecular flexibility index (Phi) is 7.98. The highest BCUT2D eigenvalue weighted by molar-refractivity contribution is 7.17. The molecule has 3 rings (SSSR count). The van der Waals surface area contributed by atoms with Crippen molar-refractivity contribution >= 4 is 28.2 Å². The lowest BCUT2D eigenvalue weighted by atomic mass is 10.0. The molecule has 1 amide bonds. The first-order valence-corrected chi connectivity index (χ1v) is 11.2. The molecule has 0 aliphatic rings. The molecule has 0 atom stereocenters. The molecule has 3 aromatic rings. The first kappa shape index (κ1) is 22.7. The quantitative estimate of drug-likeness (QED) is 0.367. The molecule has 0 bridgehead atoms. The Morgan fingerprint density at radius 3 is 2.39 bits per heavy atom. The number of esters is 1. The third-order valence-corrected chi connectivity index (χ3v) is 5.90. The third kappa shape index (κ3) is 6.03. The molecule has 0 saturated heterocycles. The van der Waals surface area contributed by atoms with E-state index in [1.807, 2.05) is 56.3 Å². The normalized spacial score (nSPS) is 10.7. The van der Waals surface area contributed by atoms with E-state index in [1.165, 1.54) is 16.9 Å². The lowest BCUT2D eigenvalue weighted by Crippen LogP contribution is -2.29. The fourth-order valence-corrected chi connectivity index (χ4v) is 4.43. The fraction of sp³-hybridized carbons (Fsp3) is 0.280. The van der Waals surface area contributed by atoms with E-state index in [0.717, 1.165) is 28.0 Å². The minimum absolute atomic E-state index is 0.173. The molecular formula is C25H28N2O3S. The maximum absolute atomic E-state index is 12.8. The van der Waals surface area contributed by atoms with E-state index >= 15 is 0 Å². The number of benzene rings is 2. The molecule has 0 spiro atoms. The van der Waals surface area contributed by atoms with Crippen molar-refractivity contribution in [3.05, 3.63) is 76.2 Å². The molecule has 2 aromatic carbocycles. The summed E-state index contributed by atoms with van der Waals surface area (Å²) >= 11 is 1.40. The molecule has 162 valence electrons. The Morgan fingerprint density at radius 2 is 1.71 bits per heavy atom. The van der Waals surface area contributed by atoms with E-state index in [-0.39, 0.29) is 19.1 Å². The van der Waals surface area contributed by atoms with Gasteiger partial charge in [0.1, 0.15) is 10.6 Å². The summed E-state index contributed by atoms with van der Waals surface area (Å²) in [6.45, 7) is 6.89. The van der Waals surface area contributed by atoms with Crippen LogP contribution in [0.3, 0.4) is 0 Å². The van der Waals surface area contributed by atoms with Crippen molar-refractivity contribution in [2.45, 2.75) is 27.2 Å². The minimum atomic E-state index is -0.422. The monoisotopic (exact) mass is 436 g/mol. The lowest BCUT2D eigenvalue weighted by molar-refractivity contribution is -0.115. The van der Waals surface area contributed by atoms with Crippen molar-refractivity contribution in [2.75, 3.05) is 25.0 Å². The molecular weight excluding hydrogens is 408 g/mol. The Bertz CT molecular complexity index is 1030. The summed E-state index contributed by atoms with van der Waals surface area (Å²) in [5, 5.41) is 6.60. The summed E-state index contributed by atoms with van der Waals surface area (Å²) in [5.41, 5.74) is 4.53. The van der Waals surface area contributed by atoms with E-state index in [2.05, 4.69) is 22.8 Å². The van der Waals surface area contributed by atoms with Crippen molar-refractivity contribution in [2.24, 2.45) is 0 Å². The van der Waals surface area contributed by atoms with Gasteiger partial charge in [-0.15, -0.1) is 11.3 Å². The average Bonchev–Trinajstić information content (AvgIpc) is 3.08. The van der Waals surface area contributed by atoms with Crippen LogP contribution < -0.4 is 10.6 Å².